The Morgan fingerprint density at radius 3 is 2.70 bits per heavy atom. The highest BCUT2D eigenvalue weighted by atomic mass is 16.3. The molecule has 1 rings (SSSR count). The number of rotatable bonds is 0. The number of hydrogen-bond acceptors (Lipinski definition) is 2. The number of nitrogens with two attached hydrogens (primary N) is 1. The minimum Gasteiger partial charge on any atom is -0.505 e. The minimum atomic E-state index is -0.00926. The van der Waals surface area contributed by atoms with Crippen molar-refractivity contribution in [1.82, 2.24) is 0 Å². The first-order valence-corrected chi connectivity index (χ1v) is 2.79. The number of para-hydroxylation sites is 1. The van der Waals surface area contributed by atoms with Crippen LogP contribution in [0.5, 0.6) is 5.75 Å². The summed E-state index contributed by atoms with van der Waals surface area (Å²) < 4.78 is 0. The van der Waals surface area contributed by atoms with Crippen LogP contribution in [0.1, 0.15) is 5.56 Å². The van der Waals surface area contributed by atoms with Gasteiger partial charge in [0.1, 0.15) is 0 Å². The summed E-state index contributed by atoms with van der Waals surface area (Å²) in [5.41, 5.74) is 6.10. The van der Waals surface area contributed by atoms with Gasteiger partial charge < -0.3 is 10.8 Å². The van der Waals surface area contributed by atoms with Gasteiger partial charge in [-0.15, -0.1) is 6.42 Å². The lowest BCUT2D eigenvalue weighted by Gasteiger charge is -1.98. The summed E-state index contributed by atoms with van der Waals surface area (Å²) in [5.74, 6) is 2.30. The van der Waals surface area contributed by atoms with Crippen LogP contribution in [0.2, 0.25) is 0 Å². The molecule has 0 aromatic heterocycles. The molecule has 0 amide bonds. The van der Waals surface area contributed by atoms with Gasteiger partial charge in [0.15, 0.2) is 5.75 Å². The molecular weight excluding hydrogens is 126 g/mol. The Labute approximate surface area is 59.3 Å². The average molecular weight is 133 g/mol. The van der Waals surface area contributed by atoms with Crippen molar-refractivity contribution >= 4 is 5.69 Å². The number of benzene rings is 1. The average Bonchev–Trinajstić information content (AvgIpc) is 1.95. The lowest BCUT2D eigenvalue weighted by Crippen LogP contribution is -1.86. The molecule has 0 saturated carbocycles. The zero-order chi connectivity index (χ0) is 7.56. The van der Waals surface area contributed by atoms with Crippen LogP contribution in [0.15, 0.2) is 18.2 Å². The van der Waals surface area contributed by atoms with E-state index < -0.39 is 0 Å². The minimum absolute atomic E-state index is 0.00926. The first-order chi connectivity index (χ1) is 4.75. The maximum atomic E-state index is 9.13. The maximum absolute atomic E-state index is 9.13. The van der Waals surface area contributed by atoms with Crippen molar-refractivity contribution in [3.8, 4) is 18.1 Å². The molecule has 0 spiro atoms. The molecule has 0 heterocycles. The van der Waals surface area contributed by atoms with Gasteiger partial charge in [0.05, 0.1) is 11.3 Å². The van der Waals surface area contributed by atoms with Crippen LogP contribution in [-0.4, -0.2) is 5.11 Å². The molecule has 0 radical (unpaired) electrons. The van der Waals surface area contributed by atoms with E-state index in [1.807, 2.05) is 0 Å². The molecule has 0 aliphatic heterocycles. The molecule has 2 nitrogen and oxygen atoms in total. The van der Waals surface area contributed by atoms with Gasteiger partial charge in [-0.2, -0.15) is 0 Å². The quantitative estimate of drug-likeness (QED) is 0.314. The molecule has 10 heavy (non-hydrogen) atoms. The standard InChI is InChI=1S/C8H7NO/c1-2-6-4-3-5-7(9)8(6)10/h1,3-5,10H,9H2. The molecule has 0 aliphatic carbocycles. The van der Waals surface area contributed by atoms with Crippen LogP contribution in [0, 0.1) is 12.3 Å². The van der Waals surface area contributed by atoms with Gasteiger partial charge in [-0.05, 0) is 12.1 Å². The normalized spacial score (nSPS) is 8.70. The number of nitrogen functional groups attached to an aromatic ring is 1. The zero-order valence-corrected chi connectivity index (χ0v) is 5.33. The summed E-state index contributed by atoms with van der Waals surface area (Å²) in [6, 6.07) is 4.92. The SMILES string of the molecule is C#Cc1cccc(N)c1O. The second kappa shape index (κ2) is 2.32. The molecule has 0 saturated heterocycles. The lowest BCUT2D eigenvalue weighted by atomic mass is 10.2. The van der Waals surface area contributed by atoms with Crippen LogP contribution in [0.4, 0.5) is 5.69 Å². The Morgan fingerprint density at radius 1 is 1.50 bits per heavy atom. The molecule has 2 heteroatoms. The molecule has 0 aliphatic rings. The first kappa shape index (κ1) is 6.50. The summed E-state index contributed by atoms with van der Waals surface area (Å²) >= 11 is 0. The van der Waals surface area contributed by atoms with E-state index in [9.17, 15) is 0 Å². The summed E-state index contributed by atoms with van der Waals surface area (Å²) in [6.45, 7) is 0. The predicted molar refractivity (Wildman–Crippen MR) is 40.5 cm³/mol. The van der Waals surface area contributed by atoms with E-state index in [0.717, 1.165) is 0 Å². The third kappa shape index (κ3) is 0.893. The van der Waals surface area contributed by atoms with Gasteiger partial charge in [0, 0.05) is 0 Å². The van der Waals surface area contributed by atoms with E-state index in [4.69, 9.17) is 17.3 Å². The van der Waals surface area contributed by atoms with Gasteiger partial charge in [-0.25, -0.2) is 0 Å². The van der Waals surface area contributed by atoms with Crippen LogP contribution in [0.25, 0.3) is 0 Å². The summed E-state index contributed by atoms with van der Waals surface area (Å²) in [7, 11) is 0. The van der Waals surface area contributed by atoms with E-state index in [1.165, 1.54) is 0 Å². The van der Waals surface area contributed by atoms with Crippen molar-refractivity contribution < 1.29 is 5.11 Å². The number of terminal acetylenes is 1. The molecule has 0 unspecified atom stereocenters. The largest absolute Gasteiger partial charge is 0.505 e. The Bertz CT molecular complexity index is 286. The zero-order valence-electron chi connectivity index (χ0n) is 5.33. The number of aromatic hydroxyl groups is 1. The Hall–Kier alpha value is -1.62. The number of phenols is 1. The lowest BCUT2D eigenvalue weighted by molar-refractivity contribution is 0.476. The van der Waals surface area contributed by atoms with E-state index in [2.05, 4.69) is 5.92 Å². The van der Waals surface area contributed by atoms with E-state index >= 15 is 0 Å². The van der Waals surface area contributed by atoms with Crippen LogP contribution < -0.4 is 5.73 Å². The van der Waals surface area contributed by atoms with Gasteiger partial charge in [0.2, 0.25) is 0 Å². The van der Waals surface area contributed by atoms with Crippen molar-refractivity contribution in [2.75, 3.05) is 5.73 Å². The van der Waals surface area contributed by atoms with Crippen molar-refractivity contribution in [1.29, 1.82) is 0 Å². The van der Waals surface area contributed by atoms with Crippen LogP contribution >= 0.6 is 0 Å². The Balaban J connectivity index is 3.31. The molecule has 1 aromatic rings. The van der Waals surface area contributed by atoms with Gasteiger partial charge >= 0.3 is 0 Å². The van der Waals surface area contributed by atoms with Gasteiger partial charge in [-0.1, -0.05) is 12.0 Å². The highest BCUT2D eigenvalue weighted by molar-refractivity contribution is 5.60. The second-order valence-corrected chi connectivity index (χ2v) is 1.89. The highest BCUT2D eigenvalue weighted by Crippen LogP contribution is 2.22. The van der Waals surface area contributed by atoms with Crippen molar-refractivity contribution in [3.05, 3.63) is 23.8 Å². The highest BCUT2D eigenvalue weighted by Gasteiger charge is 1.98. The fraction of sp³-hybridized carbons (Fsp3) is 0. The summed E-state index contributed by atoms with van der Waals surface area (Å²) in [4.78, 5) is 0. The van der Waals surface area contributed by atoms with Crippen molar-refractivity contribution in [3.63, 3.8) is 0 Å². The topological polar surface area (TPSA) is 46.2 Å². The molecule has 3 N–H and O–H groups in total. The van der Waals surface area contributed by atoms with Crippen LogP contribution in [0.3, 0.4) is 0 Å². The van der Waals surface area contributed by atoms with Crippen molar-refractivity contribution in [2.45, 2.75) is 0 Å². The molecule has 0 bridgehead atoms. The molecule has 1 aromatic carbocycles. The fourth-order valence-electron chi connectivity index (χ4n) is 0.678. The van der Waals surface area contributed by atoms with Gasteiger partial charge in [0.25, 0.3) is 0 Å². The van der Waals surface area contributed by atoms with E-state index in [1.54, 1.807) is 18.2 Å². The Kier molecular flexibility index (Phi) is 1.51. The van der Waals surface area contributed by atoms with Crippen molar-refractivity contribution in [2.24, 2.45) is 0 Å². The molecular formula is C8H7NO. The number of phenolic OH excluding ortho intramolecular Hbond substituents is 1. The third-order valence-electron chi connectivity index (χ3n) is 1.22. The second-order valence-electron chi connectivity index (χ2n) is 1.89. The Morgan fingerprint density at radius 2 is 2.20 bits per heavy atom. The molecule has 0 atom stereocenters. The summed E-state index contributed by atoms with van der Waals surface area (Å²) in [5, 5.41) is 9.13. The smallest absolute Gasteiger partial charge is 0.154 e. The van der Waals surface area contributed by atoms with E-state index in [0.29, 0.717) is 11.3 Å². The number of anilines is 1. The molecule has 50 valence electrons. The number of hydrogen-bond donors (Lipinski definition) is 2. The fourth-order valence-corrected chi connectivity index (χ4v) is 0.678. The van der Waals surface area contributed by atoms with E-state index in [-0.39, 0.29) is 5.75 Å². The summed E-state index contributed by atoms with van der Waals surface area (Å²) in [6.07, 6.45) is 5.05. The third-order valence-corrected chi connectivity index (χ3v) is 1.22. The van der Waals surface area contributed by atoms with Gasteiger partial charge in [-0.3, -0.25) is 0 Å². The first-order valence-electron chi connectivity index (χ1n) is 2.79. The molecule has 0 fully saturated rings. The monoisotopic (exact) mass is 133 g/mol. The van der Waals surface area contributed by atoms with Crippen LogP contribution in [-0.2, 0) is 0 Å². The maximum Gasteiger partial charge on any atom is 0.154 e. The predicted octanol–water partition coefficient (Wildman–Crippen LogP) is 0.956.